The molecule has 0 saturated carbocycles. The molecule has 0 aliphatic heterocycles. The van der Waals surface area contributed by atoms with Crippen LogP contribution in [0.5, 0.6) is 0 Å². The van der Waals surface area contributed by atoms with Gasteiger partial charge in [-0.05, 0) is 17.7 Å². The number of alkyl halides is 3. The molecule has 2 amide bonds. The molecule has 0 aromatic heterocycles. The van der Waals surface area contributed by atoms with Crippen LogP contribution >= 0.6 is 0 Å². The second kappa shape index (κ2) is 6.19. The molecule has 3 N–H and O–H groups in total. The van der Waals surface area contributed by atoms with Crippen molar-refractivity contribution in [3.63, 3.8) is 0 Å². The molecule has 0 atom stereocenters. The first-order chi connectivity index (χ1) is 8.88. The number of nitrogens with one attached hydrogen (secondary N) is 2. The molecule has 5 nitrogen and oxygen atoms in total. The summed E-state index contributed by atoms with van der Waals surface area (Å²) in [5.41, 5.74) is -1.41. The molecule has 0 spiro atoms. The third-order valence-corrected chi connectivity index (χ3v) is 2.19. The first-order valence-corrected chi connectivity index (χ1v) is 5.16. The lowest BCUT2D eigenvalue weighted by Gasteiger charge is -2.14. The van der Waals surface area contributed by atoms with E-state index in [0.717, 1.165) is 12.1 Å². The van der Waals surface area contributed by atoms with E-state index in [1.165, 1.54) is 6.07 Å². The van der Waals surface area contributed by atoms with Crippen LogP contribution in [0.3, 0.4) is 0 Å². The van der Waals surface area contributed by atoms with Crippen LogP contribution in [0.1, 0.15) is 11.1 Å². The van der Waals surface area contributed by atoms with Gasteiger partial charge in [-0.25, -0.2) is 0 Å². The number of amides is 2. The molecule has 0 unspecified atom stereocenters. The summed E-state index contributed by atoms with van der Waals surface area (Å²) in [6, 6.07) is 3.06. The van der Waals surface area contributed by atoms with E-state index in [2.05, 4.69) is 0 Å². The molecule has 0 radical (unpaired) electrons. The zero-order chi connectivity index (χ0) is 14.5. The van der Waals surface area contributed by atoms with Gasteiger partial charge in [-0.1, -0.05) is 6.07 Å². The Morgan fingerprint density at radius 3 is 2.58 bits per heavy atom. The van der Waals surface area contributed by atoms with Crippen molar-refractivity contribution in [2.75, 3.05) is 11.9 Å². The van der Waals surface area contributed by atoms with Crippen LogP contribution in [0.2, 0.25) is 0 Å². The average Bonchev–Trinajstić information content (AvgIpc) is 2.35. The molecule has 0 aliphatic carbocycles. The van der Waals surface area contributed by atoms with E-state index >= 15 is 0 Å². The Morgan fingerprint density at radius 2 is 2.05 bits per heavy atom. The topological polar surface area (TPSA) is 78.4 Å². The number of carbonyl (C=O) groups is 2. The van der Waals surface area contributed by atoms with Crippen LogP contribution in [0, 0.1) is 0 Å². The summed E-state index contributed by atoms with van der Waals surface area (Å²) in [5, 5.41) is 12.9. The Labute approximate surface area is 106 Å². The van der Waals surface area contributed by atoms with Crippen molar-refractivity contribution in [2.45, 2.75) is 12.8 Å². The lowest BCUT2D eigenvalue weighted by atomic mass is 10.1. The van der Waals surface area contributed by atoms with E-state index < -0.39 is 36.5 Å². The first kappa shape index (κ1) is 15.0. The summed E-state index contributed by atoms with van der Waals surface area (Å²) < 4.78 is 38.3. The van der Waals surface area contributed by atoms with E-state index in [1.54, 1.807) is 0 Å². The predicted octanol–water partition coefficient (Wildman–Crippen LogP) is 0.882. The summed E-state index contributed by atoms with van der Waals surface area (Å²) >= 11 is 0. The second-order valence-electron chi connectivity index (χ2n) is 3.58. The minimum atomic E-state index is -4.66. The van der Waals surface area contributed by atoms with Crippen molar-refractivity contribution < 1.29 is 27.9 Å². The van der Waals surface area contributed by atoms with Gasteiger partial charge in [0.05, 0.1) is 24.4 Å². The number of benzene rings is 1. The van der Waals surface area contributed by atoms with Crippen molar-refractivity contribution >= 4 is 18.0 Å². The van der Waals surface area contributed by atoms with Gasteiger partial charge in [0, 0.05) is 0 Å². The van der Waals surface area contributed by atoms with Crippen LogP contribution in [0.15, 0.2) is 18.2 Å². The van der Waals surface area contributed by atoms with E-state index in [-0.39, 0.29) is 12.0 Å². The maximum atomic E-state index is 12.8. The number of hydrogen-bond acceptors (Lipinski definition) is 3. The van der Waals surface area contributed by atoms with E-state index in [1.807, 2.05) is 10.6 Å². The van der Waals surface area contributed by atoms with E-state index in [9.17, 15) is 22.8 Å². The van der Waals surface area contributed by atoms with Crippen molar-refractivity contribution in [3.8, 4) is 0 Å². The number of aliphatic hydroxyl groups is 1. The van der Waals surface area contributed by atoms with Gasteiger partial charge in [-0.15, -0.1) is 0 Å². The van der Waals surface area contributed by atoms with Gasteiger partial charge < -0.3 is 15.7 Å². The summed E-state index contributed by atoms with van der Waals surface area (Å²) in [4.78, 5) is 21.2. The van der Waals surface area contributed by atoms with Crippen LogP contribution < -0.4 is 10.6 Å². The van der Waals surface area contributed by atoms with Gasteiger partial charge in [-0.3, -0.25) is 9.59 Å². The highest BCUT2D eigenvalue weighted by Crippen LogP contribution is 2.35. The van der Waals surface area contributed by atoms with Crippen LogP contribution in [0.4, 0.5) is 18.9 Å². The second-order valence-corrected chi connectivity index (χ2v) is 3.58. The summed E-state index contributed by atoms with van der Waals surface area (Å²) in [7, 11) is 0. The van der Waals surface area contributed by atoms with Crippen LogP contribution in [-0.4, -0.2) is 24.0 Å². The Bertz CT molecular complexity index is 475. The predicted molar refractivity (Wildman–Crippen MR) is 60.1 cm³/mol. The lowest BCUT2D eigenvalue weighted by Crippen LogP contribution is -2.28. The molecule has 0 saturated heterocycles. The molecular weight excluding hydrogens is 265 g/mol. The Balaban J connectivity index is 2.99. The molecule has 0 heterocycles. The normalized spacial score (nSPS) is 10.9. The molecule has 1 aromatic rings. The van der Waals surface area contributed by atoms with Crippen molar-refractivity contribution in [2.24, 2.45) is 0 Å². The first-order valence-electron chi connectivity index (χ1n) is 5.16. The van der Waals surface area contributed by atoms with Crippen molar-refractivity contribution in [1.29, 1.82) is 0 Å². The fourth-order valence-corrected chi connectivity index (χ4v) is 1.36. The maximum Gasteiger partial charge on any atom is 0.418 e. The minimum Gasteiger partial charge on any atom is -0.392 e. The largest absolute Gasteiger partial charge is 0.418 e. The number of hydrogen-bond donors (Lipinski definition) is 3. The Hall–Kier alpha value is -2.09. The summed E-state index contributed by atoms with van der Waals surface area (Å²) in [6.45, 7) is -0.966. The highest BCUT2D eigenvalue weighted by Gasteiger charge is 2.34. The molecule has 1 rings (SSSR count). The number of halogens is 3. The maximum absolute atomic E-state index is 12.8. The van der Waals surface area contributed by atoms with Gasteiger partial charge in [0.2, 0.25) is 12.3 Å². The third-order valence-electron chi connectivity index (χ3n) is 2.19. The number of carbonyl (C=O) groups excluding carboxylic acids is 2. The SMILES string of the molecule is O=CNCC(=O)Nc1ccc(CO)cc1C(F)(F)F. The quantitative estimate of drug-likeness (QED) is 0.699. The molecule has 104 valence electrons. The molecule has 0 bridgehead atoms. The highest BCUT2D eigenvalue weighted by atomic mass is 19.4. The standard InChI is InChI=1S/C11H11F3N2O3/c12-11(13,14)8-3-7(5-17)1-2-9(8)16-10(19)4-15-6-18/h1-3,6,17H,4-5H2,(H,15,18)(H,16,19). The average molecular weight is 276 g/mol. The zero-order valence-electron chi connectivity index (χ0n) is 9.62. The monoisotopic (exact) mass is 276 g/mol. The van der Waals surface area contributed by atoms with Gasteiger partial charge in [0.1, 0.15) is 0 Å². The Morgan fingerprint density at radius 1 is 1.37 bits per heavy atom. The lowest BCUT2D eigenvalue weighted by molar-refractivity contribution is -0.137. The van der Waals surface area contributed by atoms with E-state index in [4.69, 9.17) is 5.11 Å². The molecule has 0 fully saturated rings. The third kappa shape index (κ3) is 4.25. The fraction of sp³-hybridized carbons (Fsp3) is 0.273. The smallest absolute Gasteiger partial charge is 0.392 e. The van der Waals surface area contributed by atoms with Crippen LogP contribution in [0.25, 0.3) is 0 Å². The molecule has 19 heavy (non-hydrogen) atoms. The van der Waals surface area contributed by atoms with E-state index in [0.29, 0.717) is 0 Å². The number of rotatable bonds is 5. The van der Waals surface area contributed by atoms with Gasteiger partial charge >= 0.3 is 6.18 Å². The zero-order valence-corrected chi connectivity index (χ0v) is 9.62. The highest BCUT2D eigenvalue weighted by molar-refractivity contribution is 5.93. The minimum absolute atomic E-state index is 0.0799. The van der Waals surface area contributed by atoms with Gasteiger partial charge in [0.15, 0.2) is 0 Å². The summed E-state index contributed by atoms with van der Waals surface area (Å²) in [6.07, 6.45) is -4.40. The molecular formula is C11H11F3N2O3. The van der Waals surface area contributed by atoms with Gasteiger partial charge in [-0.2, -0.15) is 13.2 Å². The summed E-state index contributed by atoms with van der Waals surface area (Å²) in [5.74, 6) is -0.783. The van der Waals surface area contributed by atoms with Gasteiger partial charge in [0.25, 0.3) is 0 Å². The van der Waals surface area contributed by atoms with Crippen molar-refractivity contribution in [1.82, 2.24) is 5.32 Å². The van der Waals surface area contributed by atoms with Crippen molar-refractivity contribution in [3.05, 3.63) is 29.3 Å². The molecule has 8 heteroatoms. The number of anilines is 1. The Kier molecular flexibility index (Phi) is 4.87. The van der Waals surface area contributed by atoms with Crippen LogP contribution in [-0.2, 0) is 22.4 Å². The molecule has 0 aliphatic rings. The fourth-order valence-electron chi connectivity index (χ4n) is 1.36. The molecule has 1 aromatic carbocycles. The number of aliphatic hydroxyl groups excluding tert-OH is 1.